The molecule has 1 aliphatic rings. The lowest BCUT2D eigenvalue weighted by Gasteiger charge is -2.09. The van der Waals surface area contributed by atoms with Crippen LogP contribution >= 0.6 is 22.9 Å². The third-order valence-electron chi connectivity index (χ3n) is 2.72. The van der Waals surface area contributed by atoms with Crippen LogP contribution in [0.1, 0.15) is 24.1 Å². The Hall–Kier alpha value is -0.600. The summed E-state index contributed by atoms with van der Waals surface area (Å²) in [4.78, 5) is 1.16. The molecule has 0 saturated carbocycles. The average Bonchev–Trinajstić information content (AvgIpc) is 2.74. The van der Waals surface area contributed by atoms with E-state index in [2.05, 4.69) is 29.1 Å². The molecule has 0 amide bonds. The van der Waals surface area contributed by atoms with E-state index in [4.69, 9.17) is 11.6 Å². The lowest BCUT2D eigenvalue weighted by atomic mass is 10.1. The van der Waals surface area contributed by atoms with Crippen LogP contribution in [0, 0.1) is 0 Å². The van der Waals surface area contributed by atoms with E-state index >= 15 is 0 Å². The molecule has 1 aromatic heterocycles. The quantitative estimate of drug-likeness (QED) is 0.695. The minimum atomic E-state index is 0.869. The lowest BCUT2D eigenvalue weighted by Crippen LogP contribution is -2.21. The largest absolute Gasteiger partial charge is 0.236 e. The summed E-state index contributed by atoms with van der Waals surface area (Å²) in [7, 11) is 2.14. The average molecular weight is 241 g/mol. The topological polar surface area (TPSA) is 3.01 Å². The Bertz CT molecular complexity index is 390. The molecule has 0 spiro atoms. The van der Waals surface area contributed by atoms with Crippen LogP contribution in [0.4, 0.5) is 0 Å². The van der Waals surface area contributed by atoms with Gasteiger partial charge in [-0.15, -0.1) is 11.3 Å². The molecule has 0 N–H and O–H groups in total. The number of hydrogen-bond acceptors (Lipinski definition) is 1. The van der Waals surface area contributed by atoms with Gasteiger partial charge >= 0.3 is 0 Å². The van der Waals surface area contributed by atoms with E-state index in [1.54, 1.807) is 11.3 Å². The molecule has 3 heteroatoms. The molecule has 0 saturated heterocycles. The molecule has 80 valence electrons. The summed E-state index contributed by atoms with van der Waals surface area (Å²) in [5.74, 6) is 0. The van der Waals surface area contributed by atoms with E-state index in [1.807, 2.05) is 6.07 Å². The van der Waals surface area contributed by atoms with Crippen LogP contribution < -0.4 is 0 Å². The second kappa shape index (κ2) is 4.95. The van der Waals surface area contributed by atoms with Gasteiger partial charge in [0.05, 0.1) is 5.03 Å². The van der Waals surface area contributed by atoms with Crippen molar-refractivity contribution in [1.82, 2.24) is 0 Å². The highest BCUT2D eigenvalue weighted by atomic mass is 35.5. The van der Waals surface area contributed by atoms with Crippen molar-refractivity contribution in [3.8, 4) is 0 Å². The zero-order valence-electron chi connectivity index (χ0n) is 8.87. The maximum Gasteiger partial charge on any atom is 0.177 e. The van der Waals surface area contributed by atoms with Crippen molar-refractivity contribution >= 4 is 33.7 Å². The maximum absolute atomic E-state index is 6.27. The summed E-state index contributed by atoms with van der Waals surface area (Å²) in [5.41, 5.74) is 1.36. The number of rotatable bonds is 2. The van der Waals surface area contributed by atoms with Gasteiger partial charge in [-0.3, -0.25) is 0 Å². The van der Waals surface area contributed by atoms with Gasteiger partial charge in [0.1, 0.15) is 13.6 Å². The van der Waals surface area contributed by atoms with Gasteiger partial charge in [-0.2, -0.15) is 0 Å². The molecule has 1 aliphatic heterocycles. The van der Waals surface area contributed by atoms with E-state index in [0.29, 0.717) is 0 Å². The van der Waals surface area contributed by atoms with Crippen LogP contribution in [0.3, 0.4) is 0 Å². The van der Waals surface area contributed by atoms with Gasteiger partial charge in [0.15, 0.2) is 5.71 Å². The predicted octanol–water partition coefficient (Wildman–Crippen LogP) is 3.60. The Balaban J connectivity index is 2.22. The van der Waals surface area contributed by atoms with Crippen LogP contribution in [-0.2, 0) is 0 Å². The van der Waals surface area contributed by atoms with E-state index in [1.165, 1.54) is 18.6 Å². The SMILES string of the molecule is C[N+]1=C(/C=C(\Cl)c2cccs2)CCCC1. The molecule has 0 atom stereocenters. The van der Waals surface area contributed by atoms with Crippen LogP contribution in [0.25, 0.3) is 5.03 Å². The lowest BCUT2D eigenvalue weighted by molar-refractivity contribution is -0.502. The molecule has 2 heterocycles. The minimum Gasteiger partial charge on any atom is -0.236 e. The standard InChI is InChI=1S/C12H15ClNS/c1-14-7-3-2-5-10(14)9-11(13)12-6-4-8-15-12/h4,6,8-9H,2-3,5,7H2,1H3/q+1/b11-9-. The number of thiophene rings is 1. The Labute approximate surface area is 99.7 Å². The molecule has 2 rings (SSSR count). The van der Waals surface area contributed by atoms with E-state index in [9.17, 15) is 0 Å². The second-order valence-corrected chi connectivity index (χ2v) is 5.19. The van der Waals surface area contributed by atoms with Crippen molar-refractivity contribution in [1.29, 1.82) is 0 Å². The first-order valence-corrected chi connectivity index (χ1v) is 6.51. The number of hydrogen-bond donors (Lipinski definition) is 0. The van der Waals surface area contributed by atoms with E-state index in [0.717, 1.165) is 22.9 Å². The number of nitrogens with zero attached hydrogens (tertiary/aromatic N) is 1. The van der Waals surface area contributed by atoms with Crippen molar-refractivity contribution in [3.05, 3.63) is 28.5 Å². The molecular weight excluding hydrogens is 226 g/mol. The van der Waals surface area contributed by atoms with Crippen molar-refractivity contribution < 1.29 is 4.58 Å². The van der Waals surface area contributed by atoms with Gasteiger partial charge in [-0.05, 0) is 17.9 Å². The van der Waals surface area contributed by atoms with Crippen LogP contribution in [0.15, 0.2) is 23.6 Å². The Morgan fingerprint density at radius 2 is 2.40 bits per heavy atom. The maximum atomic E-state index is 6.27. The molecule has 0 unspecified atom stereocenters. The fraction of sp³-hybridized carbons (Fsp3) is 0.417. The summed E-state index contributed by atoms with van der Waals surface area (Å²) in [6, 6.07) is 4.10. The molecule has 0 bridgehead atoms. The summed E-state index contributed by atoms with van der Waals surface area (Å²) < 4.78 is 2.31. The molecule has 1 nitrogen and oxygen atoms in total. The summed E-state index contributed by atoms with van der Waals surface area (Å²) in [5, 5.41) is 2.93. The van der Waals surface area contributed by atoms with Crippen LogP contribution in [0.2, 0.25) is 0 Å². The summed E-state index contributed by atoms with van der Waals surface area (Å²) >= 11 is 7.96. The fourth-order valence-electron chi connectivity index (χ4n) is 1.80. The van der Waals surface area contributed by atoms with Crippen LogP contribution in [0.5, 0.6) is 0 Å². The molecule has 0 aromatic carbocycles. The highest BCUT2D eigenvalue weighted by Crippen LogP contribution is 2.24. The Kier molecular flexibility index (Phi) is 3.60. The van der Waals surface area contributed by atoms with Crippen molar-refractivity contribution in [2.75, 3.05) is 13.6 Å². The van der Waals surface area contributed by atoms with E-state index in [-0.39, 0.29) is 0 Å². The first-order valence-electron chi connectivity index (χ1n) is 5.25. The van der Waals surface area contributed by atoms with Gasteiger partial charge in [-0.25, -0.2) is 4.58 Å². The smallest absolute Gasteiger partial charge is 0.177 e. The van der Waals surface area contributed by atoms with E-state index < -0.39 is 0 Å². The third kappa shape index (κ3) is 2.70. The van der Waals surface area contributed by atoms with Crippen molar-refractivity contribution in [2.24, 2.45) is 0 Å². The van der Waals surface area contributed by atoms with Crippen molar-refractivity contribution in [3.63, 3.8) is 0 Å². The predicted molar refractivity (Wildman–Crippen MR) is 68.1 cm³/mol. The zero-order chi connectivity index (χ0) is 10.7. The number of allylic oxidation sites excluding steroid dienone is 1. The molecular formula is C12H15ClNS+. The fourth-order valence-corrected chi connectivity index (χ4v) is 2.76. The Morgan fingerprint density at radius 3 is 3.07 bits per heavy atom. The second-order valence-electron chi connectivity index (χ2n) is 3.84. The first-order chi connectivity index (χ1) is 7.27. The van der Waals surface area contributed by atoms with Gasteiger partial charge in [-0.1, -0.05) is 17.7 Å². The third-order valence-corrected chi connectivity index (χ3v) is 4.04. The van der Waals surface area contributed by atoms with Crippen molar-refractivity contribution in [2.45, 2.75) is 19.3 Å². The molecule has 0 aliphatic carbocycles. The Morgan fingerprint density at radius 1 is 1.53 bits per heavy atom. The number of halogens is 1. The summed E-state index contributed by atoms with van der Waals surface area (Å²) in [6.07, 6.45) is 5.85. The van der Waals surface area contributed by atoms with Gasteiger partial charge < -0.3 is 0 Å². The summed E-state index contributed by atoms with van der Waals surface area (Å²) in [6.45, 7) is 1.15. The highest BCUT2D eigenvalue weighted by molar-refractivity contribution is 7.12. The molecule has 0 fully saturated rings. The monoisotopic (exact) mass is 240 g/mol. The minimum absolute atomic E-state index is 0.869. The molecule has 1 aromatic rings. The van der Waals surface area contributed by atoms with Crippen LogP contribution in [-0.4, -0.2) is 23.9 Å². The van der Waals surface area contributed by atoms with Gasteiger partial charge in [0, 0.05) is 23.8 Å². The highest BCUT2D eigenvalue weighted by Gasteiger charge is 2.15. The first kappa shape index (κ1) is 10.9. The molecule has 15 heavy (non-hydrogen) atoms. The normalized spacial score (nSPS) is 18.4. The van der Waals surface area contributed by atoms with Gasteiger partial charge in [0.25, 0.3) is 0 Å². The zero-order valence-corrected chi connectivity index (χ0v) is 10.4. The van der Waals surface area contributed by atoms with Gasteiger partial charge in [0.2, 0.25) is 0 Å². The molecule has 0 radical (unpaired) electrons.